The van der Waals surface area contributed by atoms with E-state index in [1.807, 2.05) is 30.3 Å². The fraction of sp³-hybridized carbons (Fsp3) is 0.300. The van der Waals surface area contributed by atoms with Crippen molar-refractivity contribution in [3.05, 3.63) is 35.9 Å². The van der Waals surface area contributed by atoms with Gasteiger partial charge in [-0.25, -0.2) is 0 Å². The van der Waals surface area contributed by atoms with Gasteiger partial charge in [-0.3, -0.25) is 0 Å². The molecule has 0 saturated heterocycles. The second kappa shape index (κ2) is 4.79. The maximum Gasteiger partial charge on any atom is 0.0622 e. The number of rotatable bonds is 3. The van der Waals surface area contributed by atoms with Gasteiger partial charge in [0.05, 0.1) is 11.4 Å². The van der Waals surface area contributed by atoms with Crippen LogP contribution in [0.3, 0.4) is 0 Å². The molecule has 0 radical (unpaired) electrons. The number of hydrogen-bond acceptors (Lipinski definition) is 1. The Balaban J connectivity index is 2.55. The van der Waals surface area contributed by atoms with E-state index in [0.717, 1.165) is 12.0 Å². The lowest BCUT2D eigenvalue weighted by Gasteiger charge is -2.05. The molecule has 0 amide bonds. The van der Waals surface area contributed by atoms with Crippen LogP contribution in [0.5, 0.6) is 0 Å². The smallest absolute Gasteiger partial charge is 0.0622 e. The largest absolute Gasteiger partial charge is 0.198 e. The third kappa shape index (κ3) is 2.56. The number of nitriles is 1. The van der Waals surface area contributed by atoms with Crippen LogP contribution >= 0.6 is 11.6 Å². The van der Waals surface area contributed by atoms with Gasteiger partial charge in [0, 0.05) is 6.42 Å². The topological polar surface area (TPSA) is 23.8 Å². The molecule has 1 aromatic carbocycles. The standard InChI is InChI=1S/C10H10ClN/c11-10(7-4-8-12)9-5-2-1-3-6-9/h1-3,5-6,10H,4,7H2. The van der Waals surface area contributed by atoms with E-state index in [4.69, 9.17) is 16.9 Å². The highest BCUT2D eigenvalue weighted by molar-refractivity contribution is 6.20. The van der Waals surface area contributed by atoms with Crippen LogP contribution in [0.15, 0.2) is 30.3 Å². The first-order valence-electron chi connectivity index (χ1n) is 3.90. The van der Waals surface area contributed by atoms with Crippen LogP contribution in [0.25, 0.3) is 0 Å². The number of nitrogens with zero attached hydrogens (tertiary/aromatic N) is 1. The average Bonchev–Trinajstić information content (AvgIpc) is 2.15. The Morgan fingerprint density at radius 1 is 1.33 bits per heavy atom. The van der Waals surface area contributed by atoms with Crippen LogP contribution in [0.2, 0.25) is 0 Å². The second-order valence-corrected chi connectivity index (χ2v) is 3.10. The molecule has 0 heterocycles. The number of benzene rings is 1. The summed E-state index contributed by atoms with van der Waals surface area (Å²) in [4.78, 5) is 0. The lowest BCUT2D eigenvalue weighted by molar-refractivity contribution is 0.820. The fourth-order valence-corrected chi connectivity index (χ4v) is 1.27. The van der Waals surface area contributed by atoms with E-state index < -0.39 is 0 Å². The van der Waals surface area contributed by atoms with Crippen LogP contribution in [-0.2, 0) is 0 Å². The molecule has 12 heavy (non-hydrogen) atoms. The van der Waals surface area contributed by atoms with Crippen molar-refractivity contribution in [3.8, 4) is 6.07 Å². The van der Waals surface area contributed by atoms with Crippen molar-refractivity contribution in [2.24, 2.45) is 0 Å². The molecular weight excluding hydrogens is 170 g/mol. The summed E-state index contributed by atoms with van der Waals surface area (Å²) in [5.74, 6) is 0. The normalized spacial score (nSPS) is 12.0. The number of hydrogen-bond donors (Lipinski definition) is 0. The van der Waals surface area contributed by atoms with E-state index in [2.05, 4.69) is 6.07 Å². The highest BCUT2D eigenvalue weighted by Gasteiger charge is 2.05. The molecule has 1 rings (SSSR count). The molecule has 0 spiro atoms. The van der Waals surface area contributed by atoms with E-state index in [-0.39, 0.29) is 5.38 Å². The molecule has 1 atom stereocenters. The lowest BCUT2D eigenvalue weighted by atomic mass is 10.1. The Bertz CT molecular complexity index is 263. The van der Waals surface area contributed by atoms with E-state index in [0.29, 0.717) is 6.42 Å². The molecule has 1 nitrogen and oxygen atoms in total. The average molecular weight is 180 g/mol. The predicted octanol–water partition coefficient (Wildman–Crippen LogP) is 3.27. The molecule has 0 aromatic heterocycles. The lowest BCUT2D eigenvalue weighted by Crippen LogP contribution is -1.88. The monoisotopic (exact) mass is 179 g/mol. The fourth-order valence-electron chi connectivity index (χ4n) is 1.02. The number of halogens is 1. The Morgan fingerprint density at radius 2 is 2.00 bits per heavy atom. The van der Waals surface area contributed by atoms with E-state index >= 15 is 0 Å². The third-order valence-corrected chi connectivity index (χ3v) is 2.14. The molecule has 0 aliphatic carbocycles. The van der Waals surface area contributed by atoms with Gasteiger partial charge in [-0.15, -0.1) is 11.6 Å². The first kappa shape index (κ1) is 9.09. The summed E-state index contributed by atoms with van der Waals surface area (Å²) in [6.07, 6.45) is 1.24. The number of alkyl halides is 1. The van der Waals surface area contributed by atoms with Gasteiger partial charge in [0.25, 0.3) is 0 Å². The van der Waals surface area contributed by atoms with Crippen molar-refractivity contribution in [2.75, 3.05) is 0 Å². The molecular formula is C10H10ClN. The van der Waals surface area contributed by atoms with Gasteiger partial charge in [-0.2, -0.15) is 5.26 Å². The summed E-state index contributed by atoms with van der Waals surface area (Å²) < 4.78 is 0. The molecule has 2 heteroatoms. The Kier molecular flexibility index (Phi) is 3.63. The zero-order valence-corrected chi connectivity index (χ0v) is 7.46. The van der Waals surface area contributed by atoms with Crippen molar-refractivity contribution in [1.82, 2.24) is 0 Å². The summed E-state index contributed by atoms with van der Waals surface area (Å²) in [6, 6.07) is 11.9. The van der Waals surface area contributed by atoms with Crippen molar-refractivity contribution in [1.29, 1.82) is 5.26 Å². The Morgan fingerprint density at radius 3 is 2.58 bits per heavy atom. The quantitative estimate of drug-likeness (QED) is 0.654. The minimum Gasteiger partial charge on any atom is -0.198 e. The minimum atomic E-state index is -0.0224. The van der Waals surface area contributed by atoms with Crippen molar-refractivity contribution >= 4 is 11.6 Å². The van der Waals surface area contributed by atoms with E-state index in [1.54, 1.807) is 0 Å². The summed E-state index contributed by atoms with van der Waals surface area (Å²) in [7, 11) is 0. The van der Waals surface area contributed by atoms with Crippen LogP contribution in [0.1, 0.15) is 23.8 Å². The van der Waals surface area contributed by atoms with Gasteiger partial charge in [0.15, 0.2) is 0 Å². The maximum absolute atomic E-state index is 8.35. The highest BCUT2D eigenvalue weighted by Crippen LogP contribution is 2.24. The van der Waals surface area contributed by atoms with Gasteiger partial charge >= 0.3 is 0 Å². The third-order valence-electron chi connectivity index (χ3n) is 1.67. The van der Waals surface area contributed by atoms with Crippen molar-refractivity contribution in [2.45, 2.75) is 18.2 Å². The molecule has 0 saturated carbocycles. The van der Waals surface area contributed by atoms with Gasteiger partial charge in [0.1, 0.15) is 0 Å². The summed E-state index contributed by atoms with van der Waals surface area (Å²) in [5.41, 5.74) is 1.09. The van der Waals surface area contributed by atoms with Crippen molar-refractivity contribution in [3.63, 3.8) is 0 Å². The second-order valence-electron chi connectivity index (χ2n) is 2.58. The maximum atomic E-state index is 8.35. The van der Waals surface area contributed by atoms with Crippen LogP contribution in [0.4, 0.5) is 0 Å². The zero-order chi connectivity index (χ0) is 8.81. The minimum absolute atomic E-state index is 0.0224. The van der Waals surface area contributed by atoms with Gasteiger partial charge in [-0.1, -0.05) is 30.3 Å². The molecule has 0 aliphatic heterocycles. The summed E-state index contributed by atoms with van der Waals surface area (Å²) in [5, 5.41) is 8.33. The molecule has 0 fully saturated rings. The molecule has 0 bridgehead atoms. The molecule has 1 unspecified atom stereocenters. The van der Waals surface area contributed by atoms with E-state index in [1.165, 1.54) is 0 Å². The summed E-state index contributed by atoms with van der Waals surface area (Å²) in [6.45, 7) is 0. The molecule has 62 valence electrons. The molecule has 0 N–H and O–H groups in total. The van der Waals surface area contributed by atoms with Gasteiger partial charge in [0.2, 0.25) is 0 Å². The predicted molar refractivity (Wildman–Crippen MR) is 49.9 cm³/mol. The van der Waals surface area contributed by atoms with Gasteiger partial charge in [-0.05, 0) is 12.0 Å². The van der Waals surface area contributed by atoms with Crippen LogP contribution < -0.4 is 0 Å². The van der Waals surface area contributed by atoms with Gasteiger partial charge < -0.3 is 0 Å². The summed E-state index contributed by atoms with van der Waals surface area (Å²) >= 11 is 6.03. The Hall–Kier alpha value is -1.00. The Labute approximate surface area is 77.6 Å². The zero-order valence-electron chi connectivity index (χ0n) is 6.70. The first-order valence-corrected chi connectivity index (χ1v) is 4.34. The SMILES string of the molecule is N#CCCC(Cl)c1ccccc1. The van der Waals surface area contributed by atoms with Crippen molar-refractivity contribution < 1.29 is 0 Å². The molecule has 1 aromatic rings. The molecule has 0 aliphatic rings. The first-order chi connectivity index (χ1) is 5.84. The van der Waals surface area contributed by atoms with E-state index in [9.17, 15) is 0 Å². The van der Waals surface area contributed by atoms with Crippen LogP contribution in [0, 0.1) is 11.3 Å². The van der Waals surface area contributed by atoms with Crippen LogP contribution in [-0.4, -0.2) is 0 Å². The highest BCUT2D eigenvalue weighted by atomic mass is 35.5.